The largest absolute Gasteiger partial charge is 0.393 e. The summed E-state index contributed by atoms with van der Waals surface area (Å²) < 4.78 is 12.0. The first kappa shape index (κ1) is 17.1. The Morgan fingerprint density at radius 2 is 1.29 bits per heavy atom. The molecule has 0 bridgehead atoms. The van der Waals surface area contributed by atoms with E-state index in [0.717, 1.165) is 38.8 Å². The van der Waals surface area contributed by atoms with Gasteiger partial charge in [0.1, 0.15) is 0 Å². The summed E-state index contributed by atoms with van der Waals surface area (Å²) in [5.74, 6) is 0. The van der Waals surface area contributed by atoms with Gasteiger partial charge < -0.3 is 18.7 Å². The van der Waals surface area contributed by atoms with E-state index in [1.165, 1.54) is 0 Å². The molecular formula is C12H30N2O2Si. The predicted molar refractivity (Wildman–Crippen MR) is 75.7 cm³/mol. The van der Waals surface area contributed by atoms with Crippen LogP contribution in [0.1, 0.15) is 13.3 Å². The molecule has 0 aliphatic heterocycles. The molecular weight excluding hydrogens is 232 g/mol. The molecule has 0 atom stereocenters. The van der Waals surface area contributed by atoms with Gasteiger partial charge in [-0.05, 0) is 40.8 Å². The van der Waals surface area contributed by atoms with Crippen LogP contribution in [0.3, 0.4) is 0 Å². The monoisotopic (exact) mass is 262 g/mol. The van der Waals surface area contributed by atoms with Gasteiger partial charge in [-0.2, -0.15) is 0 Å². The van der Waals surface area contributed by atoms with E-state index >= 15 is 0 Å². The molecule has 0 aliphatic rings. The van der Waals surface area contributed by atoms with Crippen LogP contribution in [0.5, 0.6) is 0 Å². The minimum atomic E-state index is -1.94. The summed E-state index contributed by atoms with van der Waals surface area (Å²) in [6.07, 6.45) is 1.13. The Kier molecular flexibility index (Phi) is 9.08. The topological polar surface area (TPSA) is 24.9 Å². The Hall–Kier alpha value is 0.0569. The van der Waals surface area contributed by atoms with E-state index in [9.17, 15) is 0 Å². The van der Waals surface area contributed by atoms with Crippen LogP contribution in [0.4, 0.5) is 0 Å². The molecule has 0 aliphatic carbocycles. The van der Waals surface area contributed by atoms with Crippen LogP contribution < -0.4 is 0 Å². The molecule has 0 amide bonds. The number of likely N-dealkylation sites (N-methyl/N-ethyl adjacent to an activating group) is 2. The summed E-state index contributed by atoms with van der Waals surface area (Å²) in [7, 11) is 6.32. The van der Waals surface area contributed by atoms with Crippen molar-refractivity contribution in [3.05, 3.63) is 0 Å². The standard InChI is InChI=1S/C12H30N2O2Si/c1-7-12-17(6,15-10-8-13(2)3)16-11-9-14(4)5/h7-12H2,1-6H3. The van der Waals surface area contributed by atoms with Crippen molar-refractivity contribution in [2.45, 2.75) is 25.9 Å². The molecule has 17 heavy (non-hydrogen) atoms. The fourth-order valence-electron chi connectivity index (χ4n) is 1.53. The molecule has 0 rings (SSSR count). The van der Waals surface area contributed by atoms with E-state index in [4.69, 9.17) is 8.85 Å². The maximum absolute atomic E-state index is 6.02. The molecule has 0 N–H and O–H groups in total. The van der Waals surface area contributed by atoms with Crippen LogP contribution >= 0.6 is 0 Å². The van der Waals surface area contributed by atoms with Crippen LogP contribution in [-0.4, -0.2) is 72.9 Å². The quantitative estimate of drug-likeness (QED) is 0.559. The van der Waals surface area contributed by atoms with Crippen molar-refractivity contribution in [1.82, 2.24) is 9.80 Å². The normalized spacial score (nSPS) is 12.7. The molecule has 5 heteroatoms. The zero-order valence-electron chi connectivity index (χ0n) is 12.5. The fraction of sp³-hybridized carbons (Fsp3) is 1.00. The minimum Gasteiger partial charge on any atom is -0.393 e. The van der Waals surface area contributed by atoms with Gasteiger partial charge in [-0.25, -0.2) is 0 Å². The molecule has 0 fully saturated rings. The highest BCUT2D eigenvalue weighted by atomic mass is 28.4. The van der Waals surface area contributed by atoms with Crippen molar-refractivity contribution in [3.8, 4) is 0 Å². The summed E-state index contributed by atoms with van der Waals surface area (Å²) in [5, 5.41) is 0. The molecule has 0 saturated carbocycles. The van der Waals surface area contributed by atoms with E-state index in [0.29, 0.717) is 0 Å². The molecule has 0 aromatic rings. The van der Waals surface area contributed by atoms with Crippen LogP contribution in [0.15, 0.2) is 0 Å². The second-order valence-corrected chi connectivity index (χ2v) is 8.53. The predicted octanol–water partition coefficient (Wildman–Crippen LogP) is 1.62. The van der Waals surface area contributed by atoms with E-state index in [2.05, 4.69) is 51.5 Å². The van der Waals surface area contributed by atoms with Gasteiger partial charge in [0.2, 0.25) is 0 Å². The maximum Gasteiger partial charge on any atom is 0.335 e. The molecule has 0 unspecified atom stereocenters. The lowest BCUT2D eigenvalue weighted by Crippen LogP contribution is -2.41. The Morgan fingerprint density at radius 3 is 1.59 bits per heavy atom. The highest BCUT2D eigenvalue weighted by Crippen LogP contribution is 2.15. The van der Waals surface area contributed by atoms with Gasteiger partial charge in [0, 0.05) is 26.3 Å². The first-order valence-corrected chi connectivity index (χ1v) is 8.99. The van der Waals surface area contributed by atoms with Crippen molar-refractivity contribution in [1.29, 1.82) is 0 Å². The fourth-order valence-corrected chi connectivity index (χ4v) is 3.85. The van der Waals surface area contributed by atoms with Gasteiger partial charge in [0.15, 0.2) is 0 Å². The van der Waals surface area contributed by atoms with Crippen LogP contribution in [-0.2, 0) is 8.85 Å². The second kappa shape index (κ2) is 9.05. The third-order valence-corrected chi connectivity index (χ3v) is 5.63. The van der Waals surface area contributed by atoms with E-state index in [1.807, 2.05) is 0 Å². The van der Waals surface area contributed by atoms with Crippen LogP contribution in [0.25, 0.3) is 0 Å². The molecule has 0 spiro atoms. The van der Waals surface area contributed by atoms with Gasteiger partial charge >= 0.3 is 8.56 Å². The van der Waals surface area contributed by atoms with E-state index < -0.39 is 8.56 Å². The van der Waals surface area contributed by atoms with Crippen LogP contribution in [0, 0.1) is 0 Å². The van der Waals surface area contributed by atoms with Gasteiger partial charge in [-0.15, -0.1) is 0 Å². The molecule has 0 aromatic heterocycles. The average molecular weight is 262 g/mol. The molecule has 4 nitrogen and oxygen atoms in total. The Morgan fingerprint density at radius 1 is 0.882 bits per heavy atom. The lowest BCUT2D eigenvalue weighted by atomic mass is 10.6. The van der Waals surface area contributed by atoms with E-state index in [-0.39, 0.29) is 0 Å². The summed E-state index contributed by atoms with van der Waals surface area (Å²) in [6.45, 7) is 7.85. The van der Waals surface area contributed by atoms with Crippen LogP contribution in [0.2, 0.25) is 12.6 Å². The van der Waals surface area contributed by atoms with Crippen molar-refractivity contribution in [2.24, 2.45) is 0 Å². The number of hydrogen-bond acceptors (Lipinski definition) is 4. The lowest BCUT2D eigenvalue weighted by molar-refractivity contribution is 0.149. The van der Waals surface area contributed by atoms with Gasteiger partial charge in [-0.3, -0.25) is 0 Å². The zero-order valence-corrected chi connectivity index (χ0v) is 13.5. The average Bonchev–Trinajstić information content (AvgIpc) is 2.16. The van der Waals surface area contributed by atoms with Crippen molar-refractivity contribution in [3.63, 3.8) is 0 Å². The Bertz CT molecular complexity index is 175. The van der Waals surface area contributed by atoms with Crippen molar-refractivity contribution in [2.75, 3.05) is 54.5 Å². The third-order valence-electron chi connectivity index (χ3n) is 2.60. The summed E-state index contributed by atoms with van der Waals surface area (Å²) >= 11 is 0. The zero-order chi connectivity index (χ0) is 13.3. The minimum absolute atomic E-state index is 0.775. The highest BCUT2D eigenvalue weighted by Gasteiger charge is 2.30. The van der Waals surface area contributed by atoms with Gasteiger partial charge in [-0.1, -0.05) is 13.3 Å². The second-order valence-electron chi connectivity index (χ2n) is 5.19. The van der Waals surface area contributed by atoms with Crippen molar-refractivity contribution >= 4 is 8.56 Å². The van der Waals surface area contributed by atoms with Crippen molar-refractivity contribution < 1.29 is 8.85 Å². The number of nitrogens with zero attached hydrogens (tertiary/aromatic N) is 2. The molecule has 0 radical (unpaired) electrons. The molecule has 0 aromatic carbocycles. The summed E-state index contributed by atoms with van der Waals surface area (Å²) in [5.41, 5.74) is 0. The first-order chi connectivity index (χ1) is 7.89. The summed E-state index contributed by atoms with van der Waals surface area (Å²) in [4.78, 5) is 4.28. The third kappa shape index (κ3) is 9.73. The smallest absolute Gasteiger partial charge is 0.335 e. The number of rotatable bonds is 10. The SMILES string of the molecule is CCC[Si](C)(OCCN(C)C)OCCN(C)C. The maximum atomic E-state index is 6.02. The molecule has 104 valence electrons. The highest BCUT2D eigenvalue weighted by molar-refractivity contribution is 6.66. The Labute approximate surface area is 108 Å². The summed E-state index contributed by atoms with van der Waals surface area (Å²) in [6, 6.07) is 1.08. The van der Waals surface area contributed by atoms with E-state index in [1.54, 1.807) is 0 Å². The number of hydrogen-bond donors (Lipinski definition) is 0. The first-order valence-electron chi connectivity index (χ1n) is 6.47. The molecule has 0 heterocycles. The van der Waals surface area contributed by atoms with Gasteiger partial charge in [0.05, 0.1) is 0 Å². The van der Waals surface area contributed by atoms with Gasteiger partial charge in [0.25, 0.3) is 0 Å². The lowest BCUT2D eigenvalue weighted by Gasteiger charge is -2.28. The Balaban J connectivity index is 3.97. The molecule has 0 saturated heterocycles.